The number of amides is 1. The Labute approximate surface area is 95.0 Å². The van der Waals surface area contributed by atoms with E-state index < -0.39 is 0 Å². The Balaban J connectivity index is 2.30. The molecule has 6 heteroatoms. The van der Waals surface area contributed by atoms with Crippen molar-refractivity contribution in [2.75, 3.05) is 27.3 Å². The molecular weight excluding hydrogens is 208 g/mol. The zero-order valence-electron chi connectivity index (χ0n) is 9.69. The second kappa shape index (κ2) is 6.97. The van der Waals surface area contributed by atoms with Crippen LogP contribution in [0.4, 0.5) is 0 Å². The number of aromatic nitrogens is 2. The van der Waals surface area contributed by atoms with Crippen molar-refractivity contribution in [2.45, 2.75) is 13.1 Å². The van der Waals surface area contributed by atoms with Crippen molar-refractivity contribution in [1.29, 1.82) is 0 Å². The fraction of sp³-hybridized carbons (Fsp3) is 0.600. The van der Waals surface area contributed by atoms with Gasteiger partial charge in [-0.3, -0.25) is 4.79 Å². The quantitative estimate of drug-likeness (QED) is 0.607. The van der Waals surface area contributed by atoms with E-state index in [1.54, 1.807) is 25.1 Å². The summed E-state index contributed by atoms with van der Waals surface area (Å²) in [6.07, 6.45) is 3.51. The van der Waals surface area contributed by atoms with Crippen molar-refractivity contribution >= 4 is 5.91 Å². The Hall–Kier alpha value is -1.40. The lowest BCUT2D eigenvalue weighted by Gasteiger charge is -2.01. The summed E-state index contributed by atoms with van der Waals surface area (Å²) in [7, 11) is 3.28. The van der Waals surface area contributed by atoms with Gasteiger partial charge in [-0.05, 0) is 0 Å². The average molecular weight is 226 g/mol. The minimum atomic E-state index is -0.0312. The van der Waals surface area contributed by atoms with Crippen molar-refractivity contribution in [1.82, 2.24) is 20.2 Å². The Kier molecular flexibility index (Phi) is 5.52. The standard InChI is InChI=1S/C10H18N4O2/c1-11-10(15)7-14-6-9(13-8-14)5-12-3-4-16-2/h6,8,12H,3-5,7H2,1-2H3,(H,11,15). The Morgan fingerprint density at radius 3 is 3.12 bits per heavy atom. The number of methoxy groups -OCH3 is 1. The molecule has 0 aliphatic carbocycles. The van der Waals surface area contributed by atoms with Crippen molar-refractivity contribution in [3.8, 4) is 0 Å². The number of rotatable bonds is 7. The highest BCUT2D eigenvalue weighted by Gasteiger charge is 2.02. The number of nitrogens with one attached hydrogen (secondary N) is 2. The van der Waals surface area contributed by atoms with Crippen LogP contribution in [0.25, 0.3) is 0 Å². The van der Waals surface area contributed by atoms with Crippen molar-refractivity contribution < 1.29 is 9.53 Å². The molecule has 1 amide bonds. The van der Waals surface area contributed by atoms with Gasteiger partial charge in [-0.25, -0.2) is 4.98 Å². The van der Waals surface area contributed by atoms with E-state index in [2.05, 4.69) is 15.6 Å². The summed E-state index contributed by atoms with van der Waals surface area (Å²) in [5.74, 6) is -0.0312. The molecule has 2 N–H and O–H groups in total. The third-order valence-corrected chi connectivity index (χ3v) is 2.08. The monoisotopic (exact) mass is 226 g/mol. The maximum absolute atomic E-state index is 11.1. The van der Waals surface area contributed by atoms with Crippen LogP contribution in [0.5, 0.6) is 0 Å². The summed E-state index contributed by atoms with van der Waals surface area (Å²) in [6, 6.07) is 0. The van der Waals surface area contributed by atoms with Gasteiger partial charge in [-0.1, -0.05) is 0 Å². The fourth-order valence-corrected chi connectivity index (χ4v) is 1.22. The molecule has 90 valence electrons. The lowest BCUT2D eigenvalue weighted by atomic mass is 10.4. The number of carbonyl (C=O) groups excluding carboxylic acids is 1. The molecule has 1 rings (SSSR count). The van der Waals surface area contributed by atoms with Crippen LogP contribution in [0.3, 0.4) is 0 Å². The van der Waals surface area contributed by atoms with Crippen LogP contribution in [0.2, 0.25) is 0 Å². The smallest absolute Gasteiger partial charge is 0.239 e. The van der Waals surface area contributed by atoms with E-state index in [1.807, 2.05) is 6.20 Å². The van der Waals surface area contributed by atoms with Gasteiger partial charge >= 0.3 is 0 Å². The summed E-state index contributed by atoms with van der Waals surface area (Å²) >= 11 is 0. The zero-order valence-corrected chi connectivity index (χ0v) is 9.69. The highest BCUT2D eigenvalue weighted by Crippen LogP contribution is 1.95. The van der Waals surface area contributed by atoms with E-state index in [1.165, 1.54) is 0 Å². The zero-order chi connectivity index (χ0) is 11.8. The van der Waals surface area contributed by atoms with Crippen LogP contribution in [0, 0.1) is 0 Å². The van der Waals surface area contributed by atoms with Crippen molar-refractivity contribution in [3.05, 3.63) is 18.2 Å². The number of hydrogen-bond donors (Lipinski definition) is 2. The van der Waals surface area contributed by atoms with Crippen LogP contribution in [0.1, 0.15) is 5.69 Å². The number of likely N-dealkylation sites (N-methyl/N-ethyl adjacent to an activating group) is 1. The van der Waals surface area contributed by atoms with Gasteiger partial charge in [0.2, 0.25) is 5.91 Å². The van der Waals surface area contributed by atoms with Gasteiger partial charge in [-0.2, -0.15) is 0 Å². The second-order valence-corrected chi connectivity index (χ2v) is 3.38. The van der Waals surface area contributed by atoms with Gasteiger partial charge in [0, 0.05) is 33.4 Å². The van der Waals surface area contributed by atoms with E-state index in [-0.39, 0.29) is 5.91 Å². The average Bonchev–Trinajstić information content (AvgIpc) is 2.72. The summed E-state index contributed by atoms with van der Waals surface area (Å²) in [5, 5.41) is 5.74. The molecule has 0 aliphatic heterocycles. The highest BCUT2D eigenvalue weighted by molar-refractivity contribution is 5.75. The normalized spacial score (nSPS) is 10.4. The molecular formula is C10H18N4O2. The molecule has 0 saturated carbocycles. The van der Waals surface area contributed by atoms with Gasteiger partial charge in [-0.15, -0.1) is 0 Å². The SMILES string of the molecule is CNC(=O)Cn1cnc(CNCCOC)c1. The molecule has 1 aromatic heterocycles. The van der Waals surface area contributed by atoms with Crippen LogP contribution in [0.15, 0.2) is 12.5 Å². The maximum atomic E-state index is 11.1. The van der Waals surface area contributed by atoms with Crippen LogP contribution >= 0.6 is 0 Å². The number of hydrogen-bond acceptors (Lipinski definition) is 4. The number of ether oxygens (including phenoxy) is 1. The molecule has 0 aromatic carbocycles. The second-order valence-electron chi connectivity index (χ2n) is 3.38. The molecule has 0 unspecified atom stereocenters. The lowest BCUT2D eigenvalue weighted by Crippen LogP contribution is -2.22. The van der Waals surface area contributed by atoms with Gasteiger partial charge in [0.15, 0.2) is 0 Å². The summed E-state index contributed by atoms with van der Waals surface area (Å²) in [5.41, 5.74) is 0.917. The number of imidazole rings is 1. The molecule has 16 heavy (non-hydrogen) atoms. The maximum Gasteiger partial charge on any atom is 0.239 e. The molecule has 1 aromatic rings. The highest BCUT2D eigenvalue weighted by atomic mass is 16.5. The Bertz CT molecular complexity index is 324. The van der Waals surface area contributed by atoms with E-state index in [9.17, 15) is 4.79 Å². The molecule has 0 atom stereocenters. The van der Waals surface area contributed by atoms with E-state index in [0.717, 1.165) is 12.2 Å². The minimum Gasteiger partial charge on any atom is -0.383 e. The molecule has 0 fully saturated rings. The van der Waals surface area contributed by atoms with Crippen LogP contribution in [-0.2, 0) is 22.6 Å². The first-order valence-electron chi connectivity index (χ1n) is 5.17. The van der Waals surface area contributed by atoms with E-state index in [0.29, 0.717) is 19.7 Å². The first kappa shape index (κ1) is 12.7. The molecule has 0 radical (unpaired) electrons. The van der Waals surface area contributed by atoms with Gasteiger partial charge < -0.3 is 19.9 Å². The van der Waals surface area contributed by atoms with Crippen LogP contribution in [-0.4, -0.2) is 42.8 Å². The van der Waals surface area contributed by atoms with E-state index in [4.69, 9.17) is 4.74 Å². The number of nitrogens with zero attached hydrogens (tertiary/aromatic N) is 2. The van der Waals surface area contributed by atoms with E-state index >= 15 is 0 Å². The Morgan fingerprint density at radius 2 is 2.44 bits per heavy atom. The van der Waals surface area contributed by atoms with Crippen molar-refractivity contribution in [3.63, 3.8) is 0 Å². The largest absolute Gasteiger partial charge is 0.383 e. The fourth-order valence-electron chi connectivity index (χ4n) is 1.22. The van der Waals surface area contributed by atoms with Gasteiger partial charge in [0.1, 0.15) is 6.54 Å². The summed E-state index contributed by atoms with van der Waals surface area (Å²) < 4.78 is 6.67. The van der Waals surface area contributed by atoms with Gasteiger partial charge in [0.05, 0.1) is 18.6 Å². The third kappa shape index (κ3) is 4.41. The lowest BCUT2D eigenvalue weighted by molar-refractivity contribution is -0.121. The number of carbonyl (C=O) groups is 1. The topological polar surface area (TPSA) is 68.2 Å². The predicted octanol–water partition coefficient (Wildman–Crippen LogP) is -0.635. The molecule has 6 nitrogen and oxygen atoms in total. The first-order valence-corrected chi connectivity index (χ1v) is 5.17. The van der Waals surface area contributed by atoms with Gasteiger partial charge in [0.25, 0.3) is 0 Å². The summed E-state index contributed by atoms with van der Waals surface area (Å²) in [4.78, 5) is 15.3. The predicted molar refractivity (Wildman–Crippen MR) is 59.9 cm³/mol. The Morgan fingerprint density at radius 1 is 1.62 bits per heavy atom. The molecule has 0 aliphatic rings. The molecule has 0 saturated heterocycles. The minimum absolute atomic E-state index is 0.0312. The third-order valence-electron chi connectivity index (χ3n) is 2.08. The molecule has 0 spiro atoms. The van der Waals surface area contributed by atoms with Crippen LogP contribution < -0.4 is 10.6 Å². The van der Waals surface area contributed by atoms with Crippen molar-refractivity contribution in [2.24, 2.45) is 0 Å². The molecule has 1 heterocycles. The first-order chi connectivity index (χ1) is 7.76. The summed E-state index contributed by atoms with van der Waals surface area (Å²) in [6.45, 7) is 2.46. The molecule has 0 bridgehead atoms.